The molecule has 3 nitrogen and oxygen atoms in total. The summed E-state index contributed by atoms with van der Waals surface area (Å²) < 4.78 is 15.5. The highest BCUT2D eigenvalue weighted by Gasteiger charge is 2.15. The van der Waals surface area contributed by atoms with E-state index in [1.165, 1.54) is 12.1 Å². The molecule has 0 fully saturated rings. The van der Waals surface area contributed by atoms with E-state index in [0.717, 1.165) is 34.0 Å². The molecular formula is C15H15ClFN3S. The number of halogens is 2. The Morgan fingerprint density at radius 3 is 2.86 bits per heavy atom. The van der Waals surface area contributed by atoms with Gasteiger partial charge in [-0.3, -0.25) is 0 Å². The minimum Gasteiger partial charge on any atom is -0.326 e. The molecule has 110 valence electrons. The van der Waals surface area contributed by atoms with Crippen LogP contribution in [0.4, 0.5) is 4.39 Å². The molecule has 2 heterocycles. The van der Waals surface area contributed by atoms with Crippen molar-refractivity contribution in [2.75, 3.05) is 0 Å². The zero-order valence-corrected chi connectivity index (χ0v) is 13.4. The third-order valence-electron chi connectivity index (χ3n) is 3.31. The summed E-state index contributed by atoms with van der Waals surface area (Å²) in [5.41, 5.74) is 2.59. The minimum absolute atomic E-state index is 0.224. The Hall–Kier alpha value is -1.46. The zero-order chi connectivity index (χ0) is 15.0. The molecule has 2 aromatic heterocycles. The molecule has 21 heavy (non-hydrogen) atoms. The van der Waals surface area contributed by atoms with Crippen molar-refractivity contribution >= 4 is 34.0 Å². The Bertz CT molecular complexity index is 778. The molecule has 6 heteroatoms. The van der Waals surface area contributed by atoms with Gasteiger partial charge in [0.2, 0.25) is 0 Å². The van der Waals surface area contributed by atoms with Gasteiger partial charge < -0.3 is 4.57 Å². The topological polar surface area (TPSA) is 30.7 Å². The second kappa shape index (κ2) is 5.73. The zero-order valence-electron chi connectivity index (χ0n) is 11.8. The van der Waals surface area contributed by atoms with Crippen LogP contribution in [0.2, 0.25) is 0 Å². The third kappa shape index (κ3) is 2.94. The molecule has 0 bridgehead atoms. The normalized spacial score (nSPS) is 13.0. The van der Waals surface area contributed by atoms with Crippen molar-refractivity contribution < 1.29 is 4.39 Å². The van der Waals surface area contributed by atoms with Gasteiger partial charge in [0.1, 0.15) is 11.6 Å². The first-order valence-corrected chi connectivity index (χ1v) is 8.07. The molecule has 0 radical (unpaired) electrons. The molecule has 0 aliphatic rings. The van der Waals surface area contributed by atoms with E-state index in [9.17, 15) is 4.39 Å². The van der Waals surface area contributed by atoms with Crippen molar-refractivity contribution in [3.05, 3.63) is 45.9 Å². The number of nitrogens with zero attached hydrogens (tertiary/aromatic N) is 3. The Kier molecular flexibility index (Phi) is 3.95. The molecule has 0 amide bonds. The fourth-order valence-corrected chi connectivity index (χ4v) is 3.31. The van der Waals surface area contributed by atoms with Crippen molar-refractivity contribution in [2.45, 2.75) is 32.2 Å². The molecule has 0 aliphatic carbocycles. The van der Waals surface area contributed by atoms with Gasteiger partial charge in [-0.15, -0.1) is 22.9 Å². The summed E-state index contributed by atoms with van der Waals surface area (Å²) in [5, 5.41) is 2.88. The summed E-state index contributed by atoms with van der Waals surface area (Å²) in [6.45, 7) is 4.55. The third-order valence-corrected chi connectivity index (χ3v) is 4.53. The van der Waals surface area contributed by atoms with Crippen molar-refractivity contribution in [2.24, 2.45) is 0 Å². The maximum absolute atomic E-state index is 13.5. The molecule has 0 spiro atoms. The lowest BCUT2D eigenvalue weighted by Crippen LogP contribution is -2.07. The van der Waals surface area contributed by atoms with Crippen LogP contribution in [0, 0.1) is 12.7 Å². The van der Waals surface area contributed by atoms with Crippen molar-refractivity contribution in [3.8, 4) is 0 Å². The molecule has 3 rings (SSSR count). The van der Waals surface area contributed by atoms with Crippen LogP contribution in [-0.2, 0) is 13.0 Å². The van der Waals surface area contributed by atoms with Gasteiger partial charge in [0.15, 0.2) is 0 Å². The fourth-order valence-electron chi connectivity index (χ4n) is 2.38. The van der Waals surface area contributed by atoms with Crippen LogP contribution in [0.5, 0.6) is 0 Å². The first-order valence-electron chi connectivity index (χ1n) is 6.75. The first-order chi connectivity index (χ1) is 10.0. The van der Waals surface area contributed by atoms with Crippen molar-refractivity contribution in [3.63, 3.8) is 0 Å². The SMILES string of the molecule is Cc1csc(CCn2c(C(C)Cl)nc3ccc(F)cc32)n1. The van der Waals surface area contributed by atoms with E-state index in [2.05, 4.69) is 9.97 Å². The molecule has 0 saturated heterocycles. The summed E-state index contributed by atoms with van der Waals surface area (Å²) in [4.78, 5) is 8.98. The van der Waals surface area contributed by atoms with Crippen LogP contribution < -0.4 is 0 Å². The summed E-state index contributed by atoms with van der Waals surface area (Å²) in [6, 6.07) is 4.63. The van der Waals surface area contributed by atoms with Gasteiger partial charge in [0.05, 0.1) is 21.4 Å². The summed E-state index contributed by atoms with van der Waals surface area (Å²) in [6.07, 6.45) is 0.789. The monoisotopic (exact) mass is 323 g/mol. The van der Waals surface area contributed by atoms with Gasteiger partial charge in [-0.25, -0.2) is 14.4 Å². The minimum atomic E-state index is -0.262. The van der Waals surface area contributed by atoms with E-state index in [4.69, 9.17) is 11.6 Å². The standard InChI is InChI=1S/C15H15ClFN3S/c1-9-8-21-14(18-9)5-6-20-13-7-11(17)3-4-12(13)19-15(20)10(2)16/h3-4,7-8,10H,5-6H2,1-2H3. The van der Waals surface area contributed by atoms with E-state index in [1.54, 1.807) is 17.4 Å². The number of hydrogen-bond acceptors (Lipinski definition) is 3. The number of hydrogen-bond donors (Lipinski definition) is 0. The van der Waals surface area contributed by atoms with E-state index >= 15 is 0 Å². The average Bonchev–Trinajstić information content (AvgIpc) is 3.00. The van der Waals surface area contributed by atoms with Crippen LogP contribution in [0.25, 0.3) is 11.0 Å². The highest BCUT2D eigenvalue weighted by molar-refractivity contribution is 7.09. The Labute approximate surface area is 131 Å². The van der Waals surface area contributed by atoms with Gasteiger partial charge in [-0.2, -0.15) is 0 Å². The molecule has 1 unspecified atom stereocenters. The maximum Gasteiger partial charge on any atom is 0.127 e. The lowest BCUT2D eigenvalue weighted by atomic mass is 10.3. The molecular weight excluding hydrogens is 309 g/mol. The van der Waals surface area contributed by atoms with Gasteiger partial charge in [-0.1, -0.05) is 0 Å². The second-order valence-electron chi connectivity index (χ2n) is 5.00. The number of benzene rings is 1. The number of aryl methyl sites for hydroxylation is 3. The van der Waals surface area contributed by atoms with Crippen LogP contribution in [-0.4, -0.2) is 14.5 Å². The molecule has 0 saturated carbocycles. The number of aromatic nitrogens is 3. The molecule has 0 N–H and O–H groups in total. The molecule has 0 aliphatic heterocycles. The Morgan fingerprint density at radius 1 is 1.38 bits per heavy atom. The first kappa shape index (κ1) is 14.5. The highest BCUT2D eigenvalue weighted by atomic mass is 35.5. The van der Waals surface area contributed by atoms with Crippen LogP contribution in [0.3, 0.4) is 0 Å². The van der Waals surface area contributed by atoms with Crippen molar-refractivity contribution in [1.29, 1.82) is 0 Å². The summed E-state index contributed by atoms with van der Waals surface area (Å²) in [5.74, 6) is 0.507. The lowest BCUT2D eigenvalue weighted by Gasteiger charge is -2.09. The van der Waals surface area contributed by atoms with Gasteiger partial charge in [0, 0.05) is 24.0 Å². The van der Waals surface area contributed by atoms with E-state index in [0.29, 0.717) is 6.54 Å². The second-order valence-corrected chi connectivity index (χ2v) is 6.60. The maximum atomic E-state index is 13.5. The molecule has 1 atom stereocenters. The van der Waals surface area contributed by atoms with E-state index in [-0.39, 0.29) is 11.2 Å². The van der Waals surface area contributed by atoms with Gasteiger partial charge >= 0.3 is 0 Å². The highest BCUT2D eigenvalue weighted by Crippen LogP contribution is 2.25. The predicted molar refractivity (Wildman–Crippen MR) is 84.5 cm³/mol. The number of fused-ring (bicyclic) bond motifs is 1. The number of thiazole rings is 1. The fraction of sp³-hybridized carbons (Fsp3) is 0.333. The number of rotatable bonds is 4. The van der Waals surface area contributed by atoms with Crippen LogP contribution in [0.1, 0.15) is 28.8 Å². The number of alkyl halides is 1. The molecule has 1 aromatic carbocycles. The quantitative estimate of drug-likeness (QED) is 0.663. The van der Waals surface area contributed by atoms with Gasteiger partial charge in [-0.05, 0) is 32.0 Å². The predicted octanol–water partition coefficient (Wildman–Crippen LogP) is 4.48. The van der Waals surface area contributed by atoms with Crippen LogP contribution >= 0.6 is 22.9 Å². The molecule has 3 aromatic rings. The van der Waals surface area contributed by atoms with E-state index < -0.39 is 0 Å². The Balaban J connectivity index is 1.98. The smallest absolute Gasteiger partial charge is 0.127 e. The van der Waals surface area contributed by atoms with Crippen molar-refractivity contribution in [1.82, 2.24) is 14.5 Å². The largest absolute Gasteiger partial charge is 0.326 e. The Morgan fingerprint density at radius 2 is 2.19 bits per heavy atom. The number of imidazole rings is 1. The lowest BCUT2D eigenvalue weighted by molar-refractivity contribution is 0.625. The summed E-state index contributed by atoms with van der Waals surface area (Å²) in [7, 11) is 0. The van der Waals surface area contributed by atoms with Gasteiger partial charge in [0.25, 0.3) is 0 Å². The average molecular weight is 324 g/mol. The van der Waals surface area contributed by atoms with Crippen LogP contribution in [0.15, 0.2) is 23.6 Å². The van der Waals surface area contributed by atoms with E-state index in [1.807, 2.05) is 23.8 Å². The summed E-state index contributed by atoms with van der Waals surface area (Å²) >= 11 is 7.86.